The van der Waals surface area contributed by atoms with E-state index in [-0.39, 0.29) is 0 Å². The minimum Gasteiger partial charge on any atom is -0.315 e. The fourth-order valence-electron chi connectivity index (χ4n) is 0.847. The van der Waals surface area contributed by atoms with Gasteiger partial charge >= 0.3 is 0 Å². The molecule has 4 nitrogen and oxygen atoms in total. The number of nitrogens with one attached hydrogen (secondary N) is 1. The fourth-order valence-corrected chi connectivity index (χ4v) is 0.847. The Bertz CT molecular complexity index is 171. The van der Waals surface area contributed by atoms with Gasteiger partial charge in [-0.25, -0.2) is 0 Å². The van der Waals surface area contributed by atoms with Gasteiger partial charge in [-0.1, -0.05) is 12.1 Å². The van der Waals surface area contributed by atoms with Gasteiger partial charge in [0.1, 0.15) is 0 Å². The molecule has 0 aliphatic rings. The number of hydrogen-bond donors (Lipinski definition) is 1. The molecule has 1 aromatic heterocycles. The van der Waals surface area contributed by atoms with Crippen LogP contribution in [0.3, 0.4) is 0 Å². The van der Waals surface area contributed by atoms with Crippen LogP contribution in [-0.4, -0.2) is 28.1 Å². The van der Waals surface area contributed by atoms with Crippen molar-refractivity contribution in [2.45, 2.75) is 19.9 Å². The molecule has 0 bridgehead atoms. The van der Waals surface area contributed by atoms with E-state index in [0.717, 1.165) is 19.6 Å². The van der Waals surface area contributed by atoms with Crippen LogP contribution in [0.25, 0.3) is 0 Å². The van der Waals surface area contributed by atoms with E-state index in [1.807, 2.05) is 10.9 Å². The summed E-state index contributed by atoms with van der Waals surface area (Å²) >= 11 is 0. The Morgan fingerprint density at radius 1 is 1.45 bits per heavy atom. The first-order chi connectivity index (χ1) is 5.43. The van der Waals surface area contributed by atoms with Crippen molar-refractivity contribution in [1.82, 2.24) is 20.3 Å². The number of rotatable bonds is 5. The Kier molecular flexibility index (Phi) is 3.61. The normalized spacial score (nSPS) is 10.3. The summed E-state index contributed by atoms with van der Waals surface area (Å²) in [6.45, 7) is 5.11. The van der Waals surface area contributed by atoms with Crippen molar-refractivity contribution in [1.29, 1.82) is 0 Å². The monoisotopic (exact) mass is 154 g/mol. The third-order valence-electron chi connectivity index (χ3n) is 1.42. The summed E-state index contributed by atoms with van der Waals surface area (Å²) in [6.07, 6.45) is 4.74. The van der Waals surface area contributed by atoms with E-state index in [1.165, 1.54) is 6.42 Å². The predicted octanol–water partition coefficient (Wildman–Crippen LogP) is 0.278. The number of hydrogen-bond acceptors (Lipinski definition) is 3. The van der Waals surface area contributed by atoms with Gasteiger partial charge in [-0.3, -0.25) is 4.68 Å². The Labute approximate surface area is 66.6 Å². The van der Waals surface area contributed by atoms with Crippen LogP contribution >= 0.6 is 0 Å². The molecule has 62 valence electrons. The van der Waals surface area contributed by atoms with E-state index < -0.39 is 0 Å². The second-order valence-electron chi connectivity index (χ2n) is 2.42. The van der Waals surface area contributed by atoms with Crippen LogP contribution in [0.5, 0.6) is 0 Å². The zero-order valence-electron chi connectivity index (χ0n) is 6.82. The molecule has 0 spiro atoms. The van der Waals surface area contributed by atoms with Crippen molar-refractivity contribution in [3.05, 3.63) is 12.4 Å². The van der Waals surface area contributed by atoms with E-state index >= 15 is 0 Å². The van der Waals surface area contributed by atoms with Crippen LogP contribution in [0.15, 0.2) is 12.4 Å². The van der Waals surface area contributed by atoms with Gasteiger partial charge in [-0.05, 0) is 13.0 Å². The van der Waals surface area contributed by atoms with Crippen molar-refractivity contribution in [3.8, 4) is 0 Å². The summed E-state index contributed by atoms with van der Waals surface area (Å²) < 4.78 is 1.82. The third kappa shape index (κ3) is 3.13. The van der Waals surface area contributed by atoms with Crippen LogP contribution in [0, 0.1) is 0 Å². The first-order valence-corrected chi connectivity index (χ1v) is 3.98. The SMILES string of the molecule is CCCNCCn1ccnn1. The molecule has 0 aliphatic carbocycles. The van der Waals surface area contributed by atoms with Gasteiger partial charge < -0.3 is 5.32 Å². The molecular weight excluding hydrogens is 140 g/mol. The van der Waals surface area contributed by atoms with Crippen LogP contribution in [0.2, 0.25) is 0 Å². The van der Waals surface area contributed by atoms with Gasteiger partial charge in [-0.2, -0.15) is 0 Å². The Balaban J connectivity index is 2.04. The molecule has 1 heterocycles. The molecule has 0 amide bonds. The molecule has 0 radical (unpaired) electrons. The molecule has 0 saturated carbocycles. The molecule has 0 aromatic carbocycles. The molecule has 11 heavy (non-hydrogen) atoms. The highest BCUT2D eigenvalue weighted by molar-refractivity contribution is 4.64. The Morgan fingerprint density at radius 3 is 3.00 bits per heavy atom. The molecule has 0 saturated heterocycles. The lowest BCUT2D eigenvalue weighted by Gasteiger charge is -2.01. The second-order valence-corrected chi connectivity index (χ2v) is 2.42. The first-order valence-electron chi connectivity index (χ1n) is 3.98. The average Bonchev–Trinajstić information content (AvgIpc) is 2.50. The van der Waals surface area contributed by atoms with E-state index in [2.05, 4.69) is 22.6 Å². The third-order valence-corrected chi connectivity index (χ3v) is 1.42. The summed E-state index contributed by atoms with van der Waals surface area (Å²) in [5.41, 5.74) is 0. The molecule has 4 heteroatoms. The quantitative estimate of drug-likeness (QED) is 0.619. The minimum atomic E-state index is 0.903. The van der Waals surface area contributed by atoms with Crippen LogP contribution in [-0.2, 0) is 6.54 Å². The van der Waals surface area contributed by atoms with Gasteiger partial charge in [0, 0.05) is 12.7 Å². The van der Waals surface area contributed by atoms with E-state index in [1.54, 1.807) is 6.20 Å². The molecule has 0 unspecified atom stereocenters. The van der Waals surface area contributed by atoms with Crippen molar-refractivity contribution in [2.24, 2.45) is 0 Å². The van der Waals surface area contributed by atoms with Crippen molar-refractivity contribution in [3.63, 3.8) is 0 Å². The maximum Gasteiger partial charge on any atom is 0.0692 e. The van der Waals surface area contributed by atoms with Crippen molar-refractivity contribution in [2.75, 3.05) is 13.1 Å². The summed E-state index contributed by atoms with van der Waals surface area (Å²) in [6, 6.07) is 0. The van der Waals surface area contributed by atoms with Crippen LogP contribution < -0.4 is 5.32 Å². The predicted molar refractivity (Wildman–Crippen MR) is 43.2 cm³/mol. The van der Waals surface area contributed by atoms with Gasteiger partial charge in [0.25, 0.3) is 0 Å². The smallest absolute Gasteiger partial charge is 0.0692 e. The molecule has 1 rings (SSSR count). The molecular formula is C7H14N4. The minimum absolute atomic E-state index is 0.903. The van der Waals surface area contributed by atoms with Gasteiger partial charge in [0.15, 0.2) is 0 Å². The Morgan fingerprint density at radius 2 is 2.36 bits per heavy atom. The topological polar surface area (TPSA) is 42.7 Å². The maximum atomic E-state index is 3.84. The highest BCUT2D eigenvalue weighted by Crippen LogP contribution is 1.78. The second kappa shape index (κ2) is 4.85. The maximum absolute atomic E-state index is 3.84. The zero-order chi connectivity index (χ0) is 7.94. The summed E-state index contributed by atoms with van der Waals surface area (Å²) in [5, 5.41) is 10.8. The lowest BCUT2D eigenvalue weighted by atomic mass is 10.5. The van der Waals surface area contributed by atoms with Crippen molar-refractivity contribution >= 4 is 0 Å². The molecule has 1 N–H and O–H groups in total. The average molecular weight is 154 g/mol. The standard InChI is InChI=1S/C7H14N4/c1-2-3-8-4-6-11-7-5-9-10-11/h5,7-8H,2-4,6H2,1H3. The Hall–Kier alpha value is -0.900. The van der Waals surface area contributed by atoms with Crippen LogP contribution in [0.4, 0.5) is 0 Å². The first kappa shape index (κ1) is 8.20. The summed E-state index contributed by atoms with van der Waals surface area (Å²) in [4.78, 5) is 0. The highest BCUT2D eigenvalue weighted by atomic mass is 15.4. The van der Waals surface area contributed by atoms with E-state index in [4.69, 9.17) is 0 Å². The van der Waals surface area contributed by atoms with E-state index in [9.17, 15) is 0 Å². The summed E-state index contributed by atoms with van der Waals surface area (Å²) in [5.74, 6) is 0. The number of aromatic nitrogens is 3. The van der Waals surface area contributed by atoms with Gasteiger partial charge in [-0.15, -0.1) is 5.10 Å². The largest absolute Gasteiger partial charge is 0.315 e. The fraction of sp³-hybridized carbons (Fsp3) is 0.714. The summed E-state index contributed by atoms with van der Waals surface area (Å²) in [7, 11) is 0. The zero-order valence-corrected chi connectivity index (χ0v) is 6.82. The number of nitrogens with zero attached hydrogens (tertiary/aromatic N) is 3. The van der Waals surface area contributed by atoms with E-state index in [0.29, 0.717) is 0 Å². The highest BCUT2D eigenvalue weighted by Gasteiger charge is 1.88. The van der Waals surface area contributed by atoms with Crippen molar-refractivity contribution < 1.29 is 0 Å². The molecule has 1 aromatic rings. The molecule has 0 fully saturated rings. The van der Waals surface area contributed by atoms with Gasteiger partial charge in [0.05, 0.1) is 12.7 Å². The lowest BCUT2D eigenvalue weighted by Crippen LogP contribution is -2.20. The lowest BCUT2D eigenvalue weighted by molar-refractivity contribution is 0.539. The van der Waals surface area contributed by atoms with Crippen LogP contribution in [0.1, 0.15) is 13.3 Å². The molecule has 0 atom stereocenters. The molecule has 0 aliphatic heterocycles. The van der Waals surface area contributed by atoms with Gasteiger partial charge in [0.2, 0.25) is 0 Å².